The molecular weight excluding hydrogens is 264 g/mol. The van der Waals surface area contributed by atoms with Gasteiger partial charge in [-0.2, -0.15) is 0 Å². The Morgan fingerprint density at radius 2 is 1.65 bits per heavy atom. The molecule has 94 valence electrons. The van der Waals surface area contributed by atoms with Crippen LogP contribution in [0.25, 0.3) is 0 Å². The van der Waals surface area contributed by atoms with Gasteiger partial charge >= 0.3 is 0 Å². The van der Waals surface area contributed by atoms with Gasteiger partial charge < -0.3 is 4.90 Å². The van der Waals surface area contributed by atoms with E-state index in [1.54, 1.807) is 17.0 Å². The number of benzene rings is 1. The lowest BCUT2D eigenvalue weighted by atomic mass is 10.1. The molecule has 1 rings (SSSR count). The number of nitrogens with zero attached hydrogens (tertiary/aromatic N) is 1. The fourth-order valence-electron chi connectivity index (χ4n) is 1.45. The summed E-state index contributed by atoms with van der Waals surface area (Å²) in [6, 6.07) is 5.89. The molecule has 0 aliphatic heterocycles. The summed E-state index contributed by atoms with van der Waals surface area (Å²) >= 11 is 11.2. The predicted molar refractivity (Wildman–Crippen MR) is 68.1 cm³/mol. The van der Waals surface area contributed by atoms with Crippen molar-refractivity contribution in [2.75, 3.05) is 24.8 Å². The summed E-state index contributed by atoms with van der Waals surface area (Å²) in [7, 11) is 0. The molecule has 1 aromatic rings. The van der Waals surface area contributed by atoms with Gasteiger partial charge in [0.25, 0.3) is 0 Å². The van der Waals surface area contributed by atoms with E-state index in [9.17, 15) is 9.18 Å². The van der Waals surface area contributed by atoms with E-state index in [4.69, 9.17) is 23.2 Å². The first-order valence-corrected chi connectivity index (χ1v) is 6.38. The Labute approximate surface area is 110 Å². The fourth-order valence-corrected chi connectivity index (χ4v) is 1.86. The molecule has 0 radical (unpaired) electrons. The van der Waals surface area contributed by atoms with Crippen molar-refractivity contribution in [3.05, 3.63) is 35.6 Å². The second kappa shape index (κ2) is 7.51. The van der Waals surface area contributed by atoms with Gasteiger partial charge in [-0.25, -0.2) is 4.39 Å². The third kappa shape index (κ3) is 4.92. The van der Waals surface area contributed by atoms with E-state index in [2.05, 4.69) is 0 Å². The van der Waals surface area contributed by atoms with Crippen molar-refractivity contribution in [1.29, 1.82) is 0 Å². The lowest BCUT2D eigenvalue weighted by Gasteiger charge is -2.20. The van der Waals surface area contributed by atoms with Crippen LogP contribution < -0.4 is 0 Å². The molecule has 0 saturated heterocycles. The maximum atomic E-state index is 12.7. The number of amides is 1. The molecule has 0 aromatic heterocycles. The second-order valence-corrected chi connectivity index (χ2v) is 4.32. The molecule has 0 bridgehead atoms. The van der Waals surface area contributed by atoms with Gasteiger partial charge in [-0.1, -0.05) is 12.1 Å². The van der Waals surface area contributed by atoms with Gasteiger partial charge in [0, 0.05) is 24.8 Å². The average molecular weight is 278 g/mol. The molecule has 0 aliphatic rings. The van der Waals surface area contributed by atoms with Crippen LogP contribution in [0, 0.1) is 5.82 Å². The topological polar surface area (TPSA) is 20.3 Å². The number of rotatable bonds is 6. The van der Waals surface area contributed by atoms with Gasteiger partial charge in [0.15, 0.2) is 0 Å². The molecule has 1 amide bonds. The minimum absolute atomic E-state index is 0.0436. The first kappa shape index (κ1) is 14.3. The third-order valence-electron chi connectivity index (χ3n) is 2.33. The summed E-state index contributed by atoms with van der Waals surface area (Å²) in [4.78, 5) is 13.5. The number of carbonyl (C=O) groups is 1. The first-order valence-electron chi connectivity index (χ1n) is 5.31. The van der Waals surface area contributed by atoms with E-state index in [0.717, 1.165) is 5.56 Å². The maximum absolute atomic E-state index is 12.7. The molecule has 5 heteroatoms. The van der Waals surface area contributed by atoms with Crippen LogP contribution >= 0.6 is 23.2 Å². The van der Waals surface area contributed by atoms with Crippen molar-refractivity contribution in [3.63, 3.8) is 0 Å². The van der Waals surface area contributed by atoms with E-state index < -0.39 is 0 Å². The number of carbonyl (C=O) groups excluding carboxylic acids is 1. The zero-order valence-corrected chi connectivity index (χ0v) is 10.8. The van der Waals surface area contributed by atoms with Crippen molar-refractivity contribution in [1.82, 2.24) is 4.90 Å². The zero-order valence-electron chi connectivity index (χ0n) is 9.33. The minimum atomic E-state index is -0.306. The number of hydrogen-bond acceptors (Lipinski definition) is 1. The lowest BCUT2D eigenvalue weighted by Crippen LogP contribution is -2.35. The van der Waals surface area contributed by atoms with Crippen molar-refractivity contribution in [2.45, 2.75) is 6.42 Å². The van der Waals surface area contributed by atoms with Crippen LogP contribution in [0.4, 0.5) is 4.39 Å². The van der Waals surface area contributed by atoms with Gasteiger partial charge in [-0.3, -0.25) is 4.79 Å². The van der Waals surface area contributed by atoms with Crippen LogP contribution in [0.1, 0.15) is 5.56 Å². The summed E-state index contributed by atoms with van der Waals surface area (Å²) in [6.45, 7) is 0.961. The predicted octanol–water partition coefficient (Wildman–Crippen LogP) is 2.67. The van der Waals surface area contributed by atoms with Crippen LogP contribution in [0.3, 0.4) is 0 Å². The van der Waals surface area contributed by atoms with Crippen LogP contribution in [-0.2, 0) is 11.2 Å². The number of hydrogen-bond donors (Lipinski definition) is 0. The van der Waals surface area contributed by atoms with E-state index in [0.29, 0.717) is 24.8 Å². The Morgan fingerprint density at radius 1 is 1.12 bits per heavy atom. The molecule has 0 spiro atoms. The van der Waals surface area contributed by atoms with E-state index in [-0.39, 0.29) is 18.1 Å². The molecule has 0 heterocycles. The van der Waals surface area contributed by atoms with Gasteiger partial charge in [0.1, 0.15) is 5.82 Å². The second-order valence-electron chi connectivity index (χ2n) is 3.56. The molecular formula is C12H14Cl2FNO. The molecule has 2 nitrogen and oxygen atoms in total. The SMILES string of the molecule is O=C(Cc1ccc(F)cc1)N(CCCl)CCCl. The Kier molecular flexibility index (Phi) is 6.30. The zero-order chi connectivity index (χ0) is 12.7. The molecule has 17 heavy (non-hydrogen) atoms. The first-order chi connectivity index (χ1) is 8.17. The van der Waals surface area contributed by atoms with Crippen molar-refractivity contribution in [2.24, 2.45) is 0 Å². The highest BCUT2D eigenvalue weighted by atomic mass is 35.5. The van der Waals surface area contributed by atoms with Crippen molar-refractivity contribution >= 4 is 29.1 Å². The Balaban J connectivity index is 2.59. The molecule has 0 N–H and O–H groups in total. The number of alkyl halides is 2. The van der Waals surface area contributed by atoms with Gasteiger partial charge in [-0.05, 0) is 17.7 Å². The largest absolute Gasteiger partial charge is 0.340 e. The minimum Gasteiger partial charge on any atom is -0.340 e. The lowest BCUT2D eigenvalue weighted by molar-refractivity contribution is -0.130. The highest BCUT2D eigenvalue weighted by Crippen LogP contribution is 2.06. The summed E-state index contributed by atoms with van der Waals surface area (Å²) in [6.07, 6.45) is 0.244. The summed E-state index contributed by atoms with van der Waals surface area (Å²) in [5, 5.41) is 0. The van der Waals surface area contributed by atoms with Crippen LogP contribution in [-0.4, -0.2) is 35.7 Å². The summed E-state index contributed by atoms with van der Waals surface area (Å²) in [5.74, 6) is 0.412. The van der Waals surface area contributed by atoms with Gasteiger partial charge in [0.2, 0.25) is 5.91 Å². The standard InChI is InChI=1S/C12H14Cl2FNO/c13-5-7-16(8-6-14)12(17)9-10-1-3-11(15)4-2-10/h1-4H,5-9H2. The van der Waals surface area contributed by atoms with E-state index >= 15 is 0 Å². The molecule has 1 aromatic carbocycles. The molecule has 0 atom stereocenters. The third-order valence-corrected chi connectivity index (χ3v) is 2.67. The van der Waals surface area contributed by atoms with E-state index in [1.165, 1.54) is 12.1 Å². The van der Waals surface area contributed by atoms with Gasteiger partial charge in [-0.15, -0.1) is 23.2 Å². The Morgan fingerprint density at radius 3 is 2.12 bits per heavy atom. The monoisotopic (exact) mass is 277 g/mol. The smallest absolute Gasteiger partial charge is 0.227 e. The Hall–Kier alpha value is -0.800. The fraction of sp³-hybridized carbons (Fsp3) is 0.417. The summed E-state index contributed by atoms with van der Waals surface area (Å²) in [5.41, 5.74) is 0.783. The normalized spacial score (nSPS) is 10.3. The van der Waals surface area contributed by atoms with Crippen LogP contribution in [0.5, 0.6) is 0 Å². The molecule has 0 aliphatic carbocycles. The number of halogens is 3. The van der Waals surface area contributed by atoms with Crippen LogP contribution in [0.15, 0.2) is 24.3 Å². The van der Waals surface area contributed by atoms with Crippen molar-refractivity contribution < 1.29 is 9.18 Å². The highest BCUT2D eigenvalue weighted by Gasteiger charge is 2.12. The highest BCUT2D eigenvalue weighted by molar-refractivity contribution is 6.18. The average Bonchev–Trinajstić information content (AvgIpc) is 2.32. The molecule has 0 fully saturated rings. The van der Waals surface area contributed by atoms with Gasteiger partial charge in [0.05, 0.1) is 6.42 Å². The summed E-state index contributed by atoms with van der Waals surface area (Å²) < 4.78 is 12.7. The maximum Gasteiger partial charge on any atom is 0.227 e. The quantitative estimate of drug-likeness (QED) is 0.733. The molecule has 0 saturated carbocycles. The van der Waals surface area contributed by atoms with Crippen LogP contribution in [0.2, 0.25) is 0 Å². The molecule has 0 unspecified atom stereocenters. The van der Waals surface area contributed by atoms with E-state index in [1.807, 2.05) is 0 Å². The van der Waals surface area contributed by atoms with Crippen molar-refractivity contribution in [3.8, 4) is 0 Å². The Bertz CT molecular complexity index is 350.